The zero-order valence-corrected chi connectivity index (χ0v) is 14.0. The van der Waals surface area contributed by atoms with Gasteiger partial charge in [-0.1, -0.05) is 26.0 Å². The van der Waals surface area contributed by atoms with Crippen molar-refractivity contribution in [2.75, 3.05) is 5.32 Å². The lowest BCUT2D eigenvalue weighted by Crippen LogP contribution is -2.28. The summed E-state index contributed by atoms with van der Waals surface area (Å²) in [5, 5.41) is 11.7. The molecule has 1 heterocycles. The molecule has 1 aromatic carbocycles. The molecule has 0 saturated carbocycles. The molecule has 0 fully saturated rings. The second-order valence-electron chi connectivity index (χ2n) is 5.74. The molecule has 0 unspecified atom stereocenters. The van der Waals surface area contributed by atoms with Crippen LogP contribution in [0.5, 0.6) is 0 Å². The standard InChI is InChI=1S/C19H18FN3O2/c1-3-12(2)13-4-6-16(7-5-13)23-19(25)17(9-21)18(24)14-8-15(20)11-22-10-14/h4-8,10-12,17H,3H2,1-2H3,(H,23,25)/t12-,17-/m1/s1. The van der Waals surface area contributed by atoms with Crippen LogP contribution in [-0.4, -0.2) is 16.7 Å². The number of anilines is 1. The first-order valence-electron chi connectivity index (χ1n) is 7.91. The van der Waals surface area contributed by atoms with Crippen LogP contribution in [0.15, 0.2) is 42.7 Å². The van der Waals surface area contributed by atoms with E-state index in [1.165, 1.54) is 0 Å². The molecule has 1 N–H and O–H groups in total. The van der Waals surface area contributed by atoms with Crippen molar-refractivity contribution in [1.82, 2.24) is 4.98 Å². The Balaban J connectivity index is 2.12. The van der Waals surface area contributed by atoms with Crippen LogP contribution in [0.25, 0.3) is 0 Å². The first kappa shape index (κ1) is 18.3. The van der Waals surface area contributed by atoms with Crippen molar-refractivity contribution in [2.45, 2.75) is 26.2 Å². The Hall–Kier alpha value is -3.07. The number of rotatable bonds is 6. The van der Waals surface area contributed by atoms with Crippen LogP contribution in [0.2, 0.25) is 0 Å². The lowest BCUT2D eigenvalue weighted by Gasteiger charge is -2.12. The predicted molar refractivity (Wildman–Crippen MR) is 91.4 cm³/mol. The Labute approximate surface area is 145 Å². The lowest BCUT2D eigenvalue weighted by atomic mass is 9.98. The summed E-state index contributed by atoms with van der Waals surface area (Å²) in [5.41, 5.74) is 1.51. The van der Waals surface area contributed by atoms with E-state index in [0.29, 0.717) is 11.6 Å². The zero-order valence-electron chi connectivity index (χ0n) is 14.0. The maximum absolute atomic E-state index is 13.2. The van der Waals surface area contributed by atoms with Crippen molar-refractivity contribution in [2.24, 2.45) is 5.92 Å². The van der Waals surface area contributed by atoms with Gasteiger partial charge in [-0.25, -0.2) is 4.39 Å². The molecule has 128 valence electrons. The summed E-state index contributed by atoms with van der Waals surface area (Å²) in [6.07, 6.45) is 3.07. The number of amides is 1. The number of ketones is 1. The van der Waals surface area contributed by atoms with Gasteiger partial charge < -0.3 is 5.32 Å². The largest absolute Gasteiger partial charge is 0.325 e. The number of halogens is 1. The van der Waals surface area contributed by atoms with Gasteiger partial charge >= 0.3 is 0 Å². The number of aromatic nitrogens is 1. The molecule has 5 nitrogen and oxygen atoms in total. The summed E-state index contributed by atoms with van der Waals surface area (Å²) in [7, 11) is 0. The third-order valence-corrected chi connectivity index (χ3v) is 4.00. The third kappa shape index (κ3) is 4.48. The number of carbonyl (C=O) groups excluding carboxylic acids is 2. The summed E-state index contributed by atoms with van der Waals surface area (Å²) in [4.78, 5) is 28.1. The molecule has 1 amide bonds. The highest BCUT2D eigenvalue weighted by Gasteiger charge is 2.28. The second kappa shape index (κ2) is 8.15. The first-order chi connectivity index (χ1) is 12.0. The van der Waals surface area contributed by atoms with Crippen molar-refractivity contribution >= 4 is 17.4 Å². The number of Topliss-reactive ketones (excluding diaryl/α,β-unsaturated/α-hetero) is 1. The SMILES string of the molecule is CC[C@@H](C)c1ccc(NC(=O)[C@H](C#N)C(=O)c2cncc(F)c2)cc1. The van der Waals surface area contributed by atoms with Crippen molar-refractivity contribution in [3.63, 3.8) is 0 Å². The number of nitrogens with one attached hydrogen (secondary N) is 1. The molecular formula is C19H18FN3O2. The van der Waals surface area contributed by atoms with Crippen molar-refractivity contribution in [1.29, 1.82) is 5.26 Å². The van der Waals surface area contributed by atoms with Gasteiger partial charge in [0.2, 0.25) is 5.91 Å². The molecule has 0 spiro atoms. The maximum atomic E-state index is 13.2. The molecule has 2 aromatic rings. The molecule has 25 heavy (non-hydrogen) atoms. The summed E-state index contributed by atoms with van der Waals surface area (Å²) in [6.45, 7) is 4.19. The minimum Gasteiger partial charge on any atom is -0.325 e. The Morgan fingerprint density at radius 1 is 1.28 bits per heavy atom. The molecular weight excluding hydrogens is 321 g/mol. The van der Waals surface area contributed by atoms with E-state index in [1.54, 1.807) is 18.2 Å². The number of nitrogens with zero attached hydrogens (tertiary/aromatic N) is 2. The van der Waals surface area contributed by atoms with E-state index in [2.05, 4.69) is 24.1 Å². The average Bonchev–Trinajstić information content (AvgIpc) is 2.62. The van der Waals surface area contributed by atoms with Gasteiger partial charge in [-0.05, 0) is 36.1 Å². The van der Waals surface area contributed by atoms with Gasteiger partial charge in [0.25, 0.3) is 0 Å². The summed E-state index contributed by atoms with van der Waals surface area (Å²) >= 11 is 0. The Kier molecular flexibility index (Phi) is 5.96. The van der Waals surface area contributed by atoms with Gasteiger partial charge in [0.1, 0.15) is 5.82 Å². The number of carbonyl (C=O) groups is 2. The highest BCUT2D eigenvalue weighted by Crippen LogP contribution is 2.21. The van der Waals surface area contributed by atoms with Crippen molar-refractivity contribution in [3.8, 4) is 6.07 Å². The Morgan fingerprint density at radius 2 is 1.96 bits per heavy atom. The molecule has 0 aliphatic heterocycles. The molecule has 2 rings (SSSR count). The van der Waals surface area contributed by atoms with E-state index < -0.39 is 23.4 Å². The number of nitriles is 1. The summed E-state index contributed by atoms with van der Waals surface area (Å²) in [5.74, 6) is -3.42. The number of hydrogen-bond acceptors (Lipinski definition) is 4. The minimum atomic E-state index is -1.57. The van der Waals surface area contributed by atoms with Crippen LogP contribution < -0.4 is 5.32 Å². The van der Waals surface area contributed by atoms with Crippen LogP contribution >= 0.6 is 0 Å². The van der Waals surface area contributed by atoms with E-state index in [1.807, 2.05) is 12.1 Å². The minimum absolute atomic E-state index is 0.117. The fourth-order valence-corrected chi connectivity index (χ4v) is 2.29. The van der Waals surface area contributed by atoms with E-state index in [4.69, 9.17) is 0 Å². The van der Waals surface area contributed by atoms with Gasteiger partial charge in [0.05, 0.1) is 12.3 Å². The quantitative estimate of drug-likeness (QED) is 0.642. The van der Waals surface area contributed by atoms with Crippen LogP contribution in [0, 0.1) is 23.1 Å². The van der Waals surface area contributed by atoms with Crippen LogP contribution in [-0.2, 0) is 4.79 Å². The van der Waals surface area contributed by atoms with Crippen molar-refractivity contribution in [3.05, 3.63) is 59.7 Å². The second-order valence-corrected chi connectivity index (χ2v) is 5.74. The molecule has 0 aliphatic carbocycles. The lowest BCUT2D eigenvalue weighted by molar-refractivity contribution is -0.117. The molecule has 2 atom stereocenters. The number of benzene rings is 1. The van der Waals surface area contributed by atoms with E-state index in [-0.39, 0.29) is 5.56 Å². The van der Waals surface area contributed by atoms with Crippen LogP contribution in [0.3, 0.4) is 0 Å². The summed E-state index contributed by atoms with van der Waals surface area (Å²) < 4.78 is 13.2. The monoisotopic (exact) mass is 339 g/mol. The molecule has 0 saturated heterocycles. The third-order valence-electron chi connectivity index (χ3n) is 4.00. The fourth-order valence-electron chi connectivity index (χ4n) is 2.29. The predicted octanol–water partition coefficient (Wildman–Crippen LogP) is 3.70. The van der Waals surface area contributed by atoms with Gasteiger partial charge in [0, 0.05) is 17.4 Å². The Bertz CT molecular complexity index is 812. The maximum Gasteiger partial charge on any atom is 0.249 e. The topological polar surface area (TPSA) is 82.9 Å². The Morgan fingerprint density at radius 3 is 2.52 bits per heavy atom. The highest BCUT2D eigenvalue weighted by molar-refractivity contribution is 6.15. The molecule has 0 aliphatic rings. The van der Waals surface area contributed by atoms with Gasteiger partial charge in [-0.2, -0.15) is 5.26 Å². The molecule has 1 aromatic heterocycles. The normalized spacial score (nSPS) is 12.7. The van der Waals surface area contributed by atoms with Crippen LogP contribution in [0.1, 0.15) is 42.1 Å². The molecule has 6 heteroatoms. The van der Waals surface area contributed by atoms with Crippen molar-refractivity contribution < 1.29 is 14.0 Å². The highest BCUT2D eigenvalue weighted by atomic mass is 19.1. The van der Waals surface area contributed by atoms with Gasteiger partial charge in [-0.15, -0.1) is 0 Å². The van der Waals surface area contributed by atoms with E-state index >= 15 is 0 Å². The zero-order chi connectivity index (χ0) is 18.4. The molecule has 0 bridgehead atoms. The number of pyridine rings is 1. The average molecular weight is 339 g/mol. The smallest absolute Gasteiger partial charge is 0.249 e. The molecule has 0 radical (unpaired) electrons. The summed E-state index contributed by atoms with van der Waals surface area (Å²) in [6, 6.07) is 9.85. The van der Waals surface area contributed by atoms with E-state index in [0.717, 1.165) is 30.4 Å². The van der Waals surface area contributed by atoms with Crippen LogP contribution in [0.4, 0.5) is 10.1 Å². The number of hydrogen-bond donors (Lipinski definition) is 1. The van der Waals surface area contributed by atoms with Gasteiger partial charge in [-0.3, -0.25) is 14.6 Å². The van der Waals surface area contributed by atoms with E-state index in [9.17, 15) is 19.2 Å². The van der Waals surface area contributed by atoms with Gasteiger partial charge in [0.15, 0.2) is 11.7 Å². The first-order valence-corrected chi connectivity index (χ1v) is 7.91. The fraction of sp³-hybridized carbons (Fsp3) is 0.263.